The summed E-state index contributed by atoms with van der Waals surface area (Å²) >= 11 is 0. The van der Waals surface area contributed by atoms with Gasteiger partial charge in [-0.1, -0.05) is 18.2 Å². The number of hydrogen-bond acceptors (Lipinski definition) is 4. The van der Waals surface area contributed by atoms with E-state index in [0.29, 0.717) is 11.0 Å². The summed E-state index contributed by atoms with van der Waals surface area (Å²) in [4.78, 5) is 30.0. The molecule has 0 aliphatic heterocycles. The molecule has 0 aliphatic carbocycles. The molecule has 0 unspecified atom stereocenters. The molecule has 0 atom stereocenters. The monoisotopic (exact) mass is 334 g/mol. The summed E-state index contributed by atoms with van der Waals surface area (Å²) < 4.78 is 19.0. The van der Waals surface area contributed by atoms with Crippen molar-refractivity contribution in [3.05, 3.63) is 58.5 Å². The number of para-hydroxylation sites is 1. The first kappa shape index (κ1) is 18.8. The number of fused-ring (bicyclic) bond motifs is 2. The highest BCUT2D eigenvalue weighted by Gasteiger charge is 2.10. The molecule has 126 valence electrons. The van der Waals surface area contributed by atoms with Gasteiger partial charge in [-0.2, -0.15) is 0 Å². The Morgan fingerprint density at radius 3 is 2.00 bits per heavy atom. The van der Waals surface area contributed by atoms with Crippen LogP contribution in [0.5, 0.6) is 0 Å². The third kappa shape index (κ3) is 5.20. The van der Waals surface area contributed by atoms with E-state index in [1.807, 2.05) is 0 Å². The third-order valence-corrected chi connectivity index (χ3v) is 2.55. The minimum Gasteiger partial charge on any atom is -0.481 e. The smallest absolute Gasteiger partial charge is 0.300 e. The molecule has 3 rings (SSSR count). The number of hydrogen-bond donors (Lipinski definition) is 2. The van der Waals surface area contributed by atoms with Gasteiger partial charge in [-0.05, 0) is 24.3 Å². The molecule has 0 saturated heterocycles. The lowest BCUT2D eigenvalue weighted by Gasteiger charge is -2.01. The molecular formula is C17H15FO6. The first-order valence-electron chi connectivity index (χ1n) is 6.73. The standard InChI is InChI=1S/C13H7FO2.2C2H4O2/c14-9-5-3-7-11-12(9)13(15)8-4-1-2-6-10(8)16-11;2*1-2(3)4/h1-7H;2*1H3,(H,3,4). The van der Waals surface area contributed by atoms with Crippen LogP contribution in [-0.2, 0) is 9.59 Å². The average Bonchev–Trinajstić information content (AvgIpc) is 2.46. The van der Waals surface area contributed by atoms with Crippen LogP contribution in [0.4, 0.5) is 4.39 Å². The van der Waals surface area contributed by atoms with Crippen molar-refractivity contribution < 1.29 is 28.6 Å². The highest BCUT2D eigenvalue weighted by Crippen LogP contribution is 2.19. The van der Waals surface area contributed by atoms with Crippen LogP contribution in [0.15, 0.2) is 51.7 Å². The normalized spacial score (nSPS) is 9.46. The van der Waals surface area contributed by atoms with Gasteiger partial charge < -0.3 is 14.6 Å². The van der Waals surface area contributed by atoms with Crippen LogP contribution >= 0.6 is 0 Å². The summed E-state index contributed by atoms with van der Waals surface area (Å²) in [7, 11) is 0. The van der Waals surface area contributed by atoms with Crippen molar-refractivity contribution in [3.8, 4) is 0 Å². The highest BCUT2D eigenvalue weighted by atomic mass is 19.1. The predicted octanol–water partition coefficient (Wildman–Crippen LogP) is 3.27. The van der Waals surface area contributed by atoms with E-state index in [4.69, 9.17) is 24.2 Å². The molecule has 0 radical (unpaired) electrons. The quantitative estimate of drug-likeness (QED) is 0.611. The van der Waals surface area contributed by atoms with E-state index in [-0.39, 0.29) is 16.4 Å². The second-order valence-corrected chi connectivity index (χ2v) is 4.58. The van der Waals surface area contributed by atoms with Crippen molar-refractivity contribution in [2.45, 2.75) is 13.8 Å². The number of carboxylic acid groups (broad SMARTS) is 2. The van der Waals surface area contributed by atoms with E-state index in [1.165, 1.54) is 12.1 Å². The lowest BCUT2D eigenvalue weighted by molar-refractivity contribution is -0.135. The second kappa shape index (κ2) is 8.42. The lowest BCUT2D eigenvalue weighted by Crippen LogP contribution is -2.03. The summed E-state index contributed by atoms with van der Waals surface area (Å²) in [5.41, 5.74) is 0.434. The van der Waals surface area contributed by atoms with Crippen molar-refractivity contribution >= 4 is 33.9 Å². The Labute approximate surface area is 135 Å². The lowest BCUT2D eigenvalue weighted by atomic mass is 10.1. The van der Waals surface area contributed by atoms with Crippen LogP contribution in [0.25, 0.3) is 21.9 Å². The molecular weight excluding hydrogens is 319 g/mol. The largest absolute Gasteiger partial charge is 0.481 e. The van der Waals surface area contributed by atoms with Gasteiger partial charge >= 0.3 is 0 Å². The molecule has 0 bridgehead atoms. The maximum absolute atomic E-state index is 13.5. The van der Waals surface area contributed by atoms with Crippen LogP contribution in [0.1, 0.15) is 13.8 Å². The Morgan fingerprint density at radius 1 is 0.917 bits per heavy atom. The van der Waals surface area contributed by atoms with Gasteiger partial charge in [-0.15, -0.1) is 0 Å². The summed E-state index contributed by atoms with van der Waals surface area (Å²) in [6.07, 6.45) is 0. The van der Waals surface area contributed by atoms with E-state index in [0.717, 1.165) is 13.8 Å². The summed E-state index contributed by atoms with van der Waals surface area (Å²) in [6.45, 7) is 2.17. The Hall–Kier alpha value is -3.22. The molecule has 24 heavy (non-hydrogen) atoms. The first-order valence-corrected chi connectivity index (χ1v) is 6.73. The van der Waals surface area contributed by atoms with Crippen molar-refractivity contribution in [1.82, 2.24) is 0 Å². The minimum absolute atomic E-state index is 0.0150. The van der Waals surface area contributed by atoms with Gasteiger partial charge in [0, 0.05) is 13.8 Å². The van der Waals surface area contributed by atoms with Gasteiger partial charge in [0.25, 0.3) is 11.9 Å². The zero-order valence-electron chi connectivity index (χ0n) is 12.9. The van der Waals surface area contributed by atoms with E-state index in [9.17, 15) is 9.18 Å². The Kier molecular flexibility index (Phi) is 6.61. The highest BCUT2D eigenvalue weighted by molar-refractivity contribution is 5.89. The second-order valence-electron chi connectivity index (χ2n) is 4.58. The van der Waals surface area contributed by atoms with E-state index in [1.54, 1.807) is 30.3 Å². The van der Waals surface area contributed by atoms with Crippen molar-refractivity contribution in [3.63, 3.8) is 0 Å². The van der Waals surface area contributed by atoms with Crippen LogP contribution in [0.2, 0.25) is 0 Å². The summed E-state index contributed by atoms with van der Waals surface area (Å²) in [5.74, 6) is -2.21. The van der Waals surface area contributed by atoms with Crippen molar-refractivity contribution in [2.24, 2.45) is 0 Å². The first-order chi connectivity index (χ1) is 11.2. The van der Waals surface area contributed by atoms with Gasteiger partial charge in [0.2, 0.25) is 5.43 Å². The minimum atomic E-state index is -0.833. The zero-order chi connectivity index (χ0) is 18.3. The number of benzene rings is 2. The Balaban J connectivity index is 0.000000306. The fraction of sp³-hybridized carbons (Fsp3) is 0.118. The number of carbonyl (C=O) groups is 2. The Morgan fingerprint density at radius 2 is 1.42 bits per heavy atom. The number of aliphatic carboxylic acids is 2. The Bertz CT molecular complexity index is 909. The van der Waals surface area contributed by atoms with Crippen LogP contribution in [0.3, 0.4) is 0 Å². The maximum atomic E-state index is 13.5. The number of halogens is 1. The zero-order valence-corrected chi connectivity index (χ0v) is 12.9. The maximum Gasteiger partial charge on any atom is 0.300 e. The molecule has 0 saturated carbocycles. The molecule has 1 heterocycles. The van der Waals surface area contributed by atoms with Crippen LogP contribution in [-0.4, -0.2) is 22.2 Å². The molecule has 0 spiro atoms. The summed E-state index contributed by atoms with van der Waals surface area (Å²) in [5, 5.41) is 15.3. The molecule has 7 heteroatoms. The van der Waals surface area contributed by atoms with Gasteiger partial charge in [-0.25, -0.2) is 4.39 Å². The van der Waals surface area contributed by atoms with E-state index < -0.39 is 17.8 Å². The SMILES string of the molecule is CC(=O)O.CC(=O)O.O=c1c2ccccc2oc2cccc(F)c12. The molecule has 0 aliphatic rings. The molecule has 2 N–H and O–H groups in total. The average molecular weight is 334 g/mol. The number of rotatable bonds is 0. The topological polar surface area (TPSA) is 105 Å². The molecule has 0 amide bonds. The number of carboxylic acids is 2. The van der Waals surface area contributed by atoms with Crippen molar-refractivity contribution in [1.29, 1.82) is 0 Å². The van der Waals surface area contributed by atoms with Gasteiger partial charge in [0.1, 0.15) is 22.4 Å². The fourth-order valence-electron chi connectivity index (χ4n) is 1.81. The fourth-order valence-corrected chi connectivity index (χ4v) is 1.81. The molecule has 0 fully saturated rings. The molecule has 6 nitrogen and oxygen atoms in total. The van der Waals surface area contributed by atoms with Crippen LogP contribution < -0.4 is 5.43 Å². The summed E-state index contributed by atoms with van der Waals surface area (Å²) in [6, 6.07) is 11.2. The third-order valence-electron chi connectivity index (χ3n) is 2.55. The predicted molar refractivity (Wildman–Crippen MR) is 86.6 cm³/mol. The van der Waals surface area contributed by atoms with Gasteiger partial charge in [0.15, 0.2) is 0 Å². The van der Waals surface area contributed by atoms with Gasteiger partial charge in [0.05, 0.1) is 5.39 Å². The van der Waals surface area contributed by atoms with Crippen molar-refractivity contribution in [2.75, 3.05) is 0 Å². The van der Waals surface area contributed by atoms with E-state index >= 15 is 0 Å². The molecule has 2 aromatic carbocycles. The van der Waals surface area contributed by atoms with E-state index in [2.05, 4.69) is 0 Å². The van der Waals surface area contributed by atoms with Gasteiger partial charge in [-0.3, -0.25) is 14.4 Å². The van der Waals surface area contributed by atoms with Crippen LogP contribution in [0, 0.1) is 5.82 Å². The molecule has 1 aromatic heterocycles. The molecule has 3 aromatic rings.